The second kappa shape index (κ2) is 10.4. The zero-order chi connectivity index (χ0) is 24.9. The SMILES string of the molecule is CC(=O)c1ccc(NC(=O)C(C(C)C)N(C(=O)c2ccccc2)S(=O)(=O)c2ccccc2)cc1. The average Bonchev–Trinajstić information content (AvgIpc) is 2.83. The maximum Gasteiger partial charge on any atom is 0.268 e. The molecule has 0 saturated carbocycles. The number of Topliss-reactive ketones (excluding diaryl/α,β-unsaturated/α-hetero) is 1. The molecule has 0 aliphatic rings. The zero-order valence-electron chi connectivity index (χ0n) is 19.1. The number of carbonyl (C=O) groups is 3. The van der Waals surface area contributed by atoms with Crippen molar-refractivity contribution in [1.29, 1.82) is 0 Å². The Balaban J connectivity index is 2.06. The second-order valence-corrected chi connectivity index (χ2v) is 9.91. The third-order valence-corrected chi connectivity index (χ3v) is 7.01. The van der Waals surface area contributed by atoms with Crippen LogP contribution in [0.15, 0.2) is 89.8 Å². The van der Waals surface area contributed by atoms with Crippen molar-refractivity contribution in [2.45, 2.75) is 31.7 Å². The summed E-state index contributed by atoms with van der Waals surface area (Å²) in [6.45, 7) is 4.79. The maximum atomic E-state index is 13.7. The molecule has 34 heavy (non-hydrogen) atoms. The fourth-order valence-corrected chi connectivity index (χ4v) is 5.17. The number of benzene rings is 3. The Morgan fingerprint density at radius 1 is 0.765 bits per heavy atom. The molecule has 1 atom stereocenters. The molecule has 0 fully saturated rings. The summed E-state index contributed by atoms with van der Waals surface area (Å²) in [4.78, 5) is 38.3. The highest BCUT2D eigenvalue weighted by Gasteiger charge is 2.41. The summed E-state index contributed by atoms with van der Waals surface area (Å²) in [5, 5.41) is 2.69. The van der Waals surface area contributed by atoms with Crippen molar-refractivity contribution in [3.05, 3.63) is 96.1 Å². The summed E-state index contributed by atoms with van der Waals surface area (Å²) in [6, 6.07) is 20.4. The van der Waals surface area contributed by atoms with Crippen molar-refractivity contribution in [2.75, 3.05) is 5.32 Å². The number of hydrogen-bond donors (Lipinski definition) is 1. The van der Waals surface area contributed by atoms with Crippen LogP contribution in [-0.2, 0) is 14.8 Å². The molecule has 0 spiro atoms. The first kappa shape index (κ1) is 24.9. The predicted molar refractivity (Wildman–Crippen MR) is 130 cm³/mol. The molecule has 8 heteroatoms. The van der Waals surface area contributed by atoms with Gasteiger partial charge < -0.3 is 5.32 Å². The fraction of sp³-hybridized carbons (Fsp3) is 0.192. The summed E-state index contributed by atoms with van der Waals surface area (Å²) < 4.78 is 28.0. The van der Waals surface area contributed by atoms with Crippen LogP contribution in [0.2, 0.25) is 0 Å². The van der Waals surface area contributed by atoms with E-state index < -0.39 is 33.8 Å². The van der Waals surface area contributed by atoms with Crippen LogP contribution in [-0.4, -0.2) is 36.4 Å². The highest BCUT2D eigenvalue weighted by molar-refractivity contribution is 7.89. The van der Waals surface area contributed by atoms with Gasteiger partial charge >= 0.3 is 0 Å². The number of ketones is 1. The van der Waals surface area contributed by atoms with Crippen LogP contribution in [0.3, 0.4) is 0 Å². The van der Waals surface area contributed by atoms with Gasteiger partial charge in [0.05, 0.1) is 4.90 Å². The van der Waals surface area contributed by atoms with Crippen LogP contribution in [0.25, 0.3) is 0 Å². The van der Waals surface area contributed by atoms with Gasteiger partial charge in [0.2, 0.25) is 5.91 Å². The minimum Gasteiger partial charge on any atom is -0.324 e. The molecular weight excluding hydrogens is 452 g/mol. The second-order valence-electron chi connectivity index (χ2n) is 8.10. The summed E-state index contributed by atoms with van der Waals surface area (Å²) in [5.74, 6) is -2.12. The van der Waals surface area contributed by atoms with Crippen LogP contribution in [0.1, 0.15) is 41.5 Å². The molecule has 2 amide bonds. The van der Waals surface area contributed by atoms with E-state index in [9.17, 15) is 22.8 Å². The Kier molecular flexibility index (Phi) is 7.63. The van der Waals surface area contributed by atoms with E-state index >= 15 is 0 Å². The molecule has 0 saturated heterocycles. The molecule has 176 valence electrons. The van der Waals surface area contributed by atoms with E-state index in [1.165, 1.54) is 31.2 Å². The molecule has 3 aromatic rings. The molecular formula is C26H26N2O5S. The van der Waals surface area contributed by atoms with Crippen molar-refractivity contribution in [3.63, 3.8) is 0 Å². The van der Waals surface area contributed by atoms with Gasteiger partial charge in [0, 0.05) is 16.8 Å². The number of carbonyl (C=O) groups excluding carboxylic acids is 3. The van der Waals surface area contributed by atoms with E-state index in [2.05, 4.69) is 5.32 Å². The number of nitrogens with one attached hydrogen (secondary N) is 1. The van der Waals surface area contributed by atoms with Gasteiger partial charge in [-0.3, -0.25) is 14.4 Å². The molecule has 7 nitrogen and oxygen atoms in total. The van der Waals surface area contributed by atoms with E-state index in [1.807, 2.05) is 0 Å². The number of amides is 2. The Hall–Kier alpha value is -3.78. The monoisotopic (exact) mass is 478 g/mol. The lowest BCUT2D eigenvalue weighted by Crippen LogP contribution is -2.53. The fourth-order valence-electron chi connectivity index (χ4n) is 3.48. The lowest BCUT2D eigenvalue weighted by atomic mass is 10.0. The first-order valence-corrected chi connectivity index (χ1v) is 12.2. The standard InChI is InChI=1S/C26H26N2O5S/c1-18(2)24(25(30)27-22-16-14-20(15-17-22)19(3)29)28(26(31)21-10-6-4-7-11-21)34(32,33)23-12-8-5-9-13-23/h4-18,24H,1-3H3,(H,27,30). The Morgan fingerprint density at radius 3 is 1.79 bits per heavy atom. The van der Waals surface area contributed by atoms with E-state index in [4.69, 9.17) is 0 Å². The van der Waals surface area contributed by atoms with Gasteiger partial charge in [-0.15, -0.1) is 0 Å². The number of sulfonamides is 1. The van der Waals surface area contributed by atoms with Gasteiger partial charge in [-0.05, 0) is 61.4 Å². The van der Waals surface area contributed by atoms with E-state index in [-0.39, 0.29) is 16.2 Å². The van der Waals surface area contributed by atoms with E-state index in [0.717, 1.165) is 0 Å². The molecule has 1 N–H and O–H groups in total. The van der Waals surface area contributed by atoms with Crippen molar-refractivity contribution >= 4 is 33.3 Å². The Morgan fingerprint density at radius 2 is 1.29 bits per heavy atom. The molecule has 0 radical (unpaired) electrons. The van der Waals surface area contributed by atoms with Crippen LogP contribution in [0, 0.1) is 5.92 Å². The van der Waals surface area contributed by atoms with Crippen molar-refractivity contribution in [1.82, 2.24) is 4.31 Å². The van der Waals surface area contributed by atoms with Gasteiger partial charge in [0.15, 0.2) is 5.78 Å². The molecule has 3 rings (SSSR count). The lowest BCUT2D eigenvalue weighted by Gasteiger charge is -2.32. The zero-order valence-corrected chi connectivity index (χ0v) is 20.0. The lowest BCUT2D eigenvalue weighted by molar-refractivity contribution is -0.120. The number of nitrogens with zero attached hydrogens (tertiary/aromatic N) is 1. The van der Waals surface area contributed by atoms with Crippen LogP contribution in [0.4, 0.5) is 5.69 Å². The number of rotatable bonds is 8. The van der Waals surface area contributed by atoms with Crippen molar-refractivity contribution in [2.24, 2.45) is 5.92 Å². The normalized spacial score (nSPS) is 12.1. The van der Waals surface area contributed by atoms with Gasteiger partial charge in [-0.25, -0.2) is 12.7 Å². The molecule has 1 unspecified atom stereocenters. The average molecular weight is 479 g/mol. The molecule has 0 heterocycles. The molecule has 0 aliphatic heterocycles. The Labute approximate surface area is 199 Å². The molecule has 0 bridgehead atoms. The predicted octanol–water partition coefficient (Wildman–Crippen LogP) is 4.38. The molecule has 3 aromatic carbocycles. The summed E-state index contributed by atoms with van der Waals surface area (Å²) >= 11 is 0. The summed E-state index contributed by atoms with van der Waals surface area (Å²) in [6.07, 6.45) is 0. The topological polar surface area (TPSA) is 101 Å². The number of anilines is 1. The highest BCUT2D eigenvalue weighted by Crippen LogP contribution is 2.26. The van der Waals surface area contributed by atoms with Crippen molar-refractivity contribution < 1.29 is 22.8 Å². The van der Waals surface area contributed by atoms with Gasteiger partial charge in [-0.1, -0.05) is 50.2 Å². The van der Waals surface area contributed by atoms with E-state index in [0.29, 0.717) is 15.6 Å². The smallest absolute Gasteiger partial charge is 0.268 e. The quantitative estimate of drug-likeness (QED) is 0.484. The third kappa shape index (κ3) is 5.40. The molecule has 0 aliphatic carbocycles. The van der Waals surface area contributed by atoms with Crippen LogP contribution < -0.4 is 5.32 Å². The van der Waals surface area contributed by atoms with Gasteiger partial charge in [0.1, 0.15) is 6.04 Å². The minimum absolute atomic E-state index is 0.0939. The highest BCUT2D eigenvalue weighted by atomic mass is 32.2. The van der Waals surface area contributed by atoms with E-state index in [1.54, 1.807) is 74.5 Å². The minimum atomic E-state index is -4.37. The third-order valence-electron chi connectivity index (χ3n) is 5.23. The van der Waals surface area contributed by atoms with Gasteiger partial charge in [-0.2, -0.15) is 0 Å². The van der Waals surface area contributed by atoms with Crippen LogP contribution >= 0.6 is 0 Å². The summed E-state index contributed by atoms with van der Waals surface area (Å²) in [5.41, 5.74) is 1.00. The largest absolute Gasteiger partial charge is 0.324 e. The molecule has 0 aromatic heterocycles. The summed E-state index contributed by atoms with van der Waals surface area (Å²) in [7, 11) is -4.37. The van der Waals surface area contributed by atoms with Crippen molar-refractivity contribution in [3.8, 4) is 0 Å². The van der Waals surface area contributed by atoms with Crippen LogP contribution in [0.5, 0.6) is 0 Å². The Bertz CT molecular complexity index is 1270. The maximum absolute atomic E-state index is 13.7. The first-order valence-electron chi connectivity index (χ1n) is 10.7. The number of hydrogen-bond acceptors (Lipinski definition) is 5. The first-order chi connectivity index (χ1) is 16.1. The van der Waals surface area contributed by atoms with Gasteiger partial charge in [0.25, 0.3) is 15.9 Å².